The van der Waals surface area contributed by atoms with Crippen LogP contribution in [0.25, 0.3) is 0 Å². The molecule has 18 heavy (non-hydrogen) atoms. The highest BCUT2D eigenvalue weighted by Crippen LogP contribution is 2.05. The lowest BCUT2D eigenvalue weighted by atomic mass is 10.3. The Morgan fingerprint density at radius 2 is 2.33 bits per heavy atom. The number of nitrogens with one attached hydrogen (secondary N) is 1. The number of rotatable bonds is 2. The molecule has 1 aromatic rings. The number of ether oxygens (including phenoxy) is 1. The van der Waals surface area contributed by atoms with Crippen molar-refractivity contribution in [2.24, 2.45) is 4.99 Å². The Hall–Kier alpha value is -1.82. The van der Waals surface area contributed by atoms with Crippen LogP contribution in [0.5, 0.6) is 0 Å². The Morgan fingerprint density at radius 3 is 2.94 bits per heavy atom. The van der Waals surface area contributed by atoms with Gasteiger partial charge < -0.3 is 19.4 Å². The van der Waals surface area contributed by atoms with E-state index < -0.39 is 0 Å². The van der Waals surface area contributed by atoms with Gasteiger partial charge in [0, 0.05) is 26.2 Å². The van der Waals surface area contributed by atoms with Gasteiger partial charge in [-0.2, -0.15) is 4.99 Å². The summed E-state index contributed by atoms with van der Waals surface area (Å²) in [7, 11) is 0. The second kappa shape index (κ2) is 6.20. The third-order valence-electron chi connectivity index (χ3n) is 2.63. The van der Waals surface area contributed by atoms with E-state index in [2.05, 4.69) is 10.3 Å². The molecule has 0 spiro atoms. The van der Waals surface area contributed by atoms with Crippen LogP contribution in [0.2, 0.25) is 0 Å². The summed E-state index contributed by atoms with van der Waals surface area (Å²) in [6.07, 6.45) is 2.83. The fourth-order valence-electron chi connectivity index (χ4n) is 1.72. The summed E-state index contributed by atoms with van der Waals surface area (Å²) in [5.74, 6) is -0.342. The highest BCUT2D eigenvalue weighted by molar-refractivity contribution is 6.01. The number of furan rings is 1. The standard InChI is InChI=1S/C12H17N3O3/c1-2-18-12(15-6-4-13-5-7-15)14-11(16)10-3-8-17-9-10/h3,8-9,13H,2,4-7H2,1H3. The van der Waals surface area contributed by atoms with E-state index in [0.29, 0.717) is 18.2 Å². The molecule has 0 bridgehead atoms. The van der Waals surface area contributed by atoms with E-state index in [9.17, 15) is 4.79 Å². The Bertz CT molecular complexity index is 408. The first kappa shape index (κ1) is 12.6. The first-order valence-electron chi connectivity index (χ1n) is 6.05. The highest BCUT2D eigenvalue weighted by Gasteiger charge is 2.17. The lowest BCUT2D eigenvalue weighted by Gasteiger charge is -2.29. The number of piperazine rings is 1. The second-order valence-corrected chi connectivity index (χ2v) is 3.88. The first-order valence-corrected chi connectivity index (χ1v) is 6.05. The predicted molar refractivity (Wildman–Crippen MR) is 66.5 cm³/mol. The van der Waals surface area contributed by atoms with Crippen LogP contribution >= 0.6 is 0 Å². The molecule has 1 aliphatic rings. The number of hydrogen-bond acceptors (Lipinski definition) is 4. The molecule has 1 saturated heterocycles. The third kappa shape index (κ3) is 3.10. The molecule has 1 amide bonds. The molecule has 0 aliphatic carbocycles. The molecule has 2 heterocycles. The summed E-state index contributed by atoms with van der Waals surface area (Å²) in [5.41, 5.74) is 0.433. The minimum atomic E-state index is -0.342. The molecule has 1 N–H and O–H groups in total. The van der Waals surface area contributed by atoms with E-state index in [-0.39, 0.29) is 5.91 Å². The monoisotopic (exact) mass is 251 g/mol. The normalized spacial score (nSPS) is 16.7. The zero-order valence-electron chi connectivity index (χ0n) is 10.4. The van der Waals surface area contributed by atoms with Crippen molar-refractivity contribution in [3.8, 4) is 0 Å². The maximum absolute atomic E-state index is 11.9. The van der Waals surface area contributed by atoms with Gasteiger partial charge in [0.05, 0.1) is 18.4 Å². The van der Waals surface area contributed by atoms with Gasteiger partial charge in [-0.1, -0.05) is 0 Å². The van der Waals surface area contributed by atoms with Gasteiger partial charge in [0.2, 0.25) is 0 Å². The molecular weight excluding hydrogens is 234 g/mol. The van der Waals surface area contributed by atoms with Gasteiger partial charge in [0.15, 0.2) is 0 Å². The van der Waals surface area contributed by atoms with Gasteiger partial charge in [-0.3, -0.25) is 4.79 Å². The lowest BCUT2D eigenvalue weighted by Crippen LogP contribution is -2.47. The number of amidine groups is 1. The molecule has 6 nitrogen and oxygen atoms in total. The molecule has 6 heteroatoms. The van der Waals surface area contributed by atoms with Gasteiger partial charge in [0.25, 0.3) is 11.9 Å². The smallest absolute Gasteiger partial charge is 0.295 e. The van der Waals surface area contributed by atoms with Gasteiger partial charge in [-0.25, -0.2) is 0 Å². The molecule has 1 aliphatic heterocycles. The Labute approximate surface area is 106 Å². The zero-order valence-corrected chi connectivity index (χ0v) is 10.4. The molecule has 0 atom stereocenters. The van der Waals surface area contributed by atoms with E-state index in [4.69, 9.17) is 9.15 Å². The molecule has 0 radical (unpaired) electrons. The summed E-state index contributed by atoms with van der Waals surface area (Å²) in [5, 5.41) is 3.24. The molecule has 1 fully saturated rings. The van der Waals surface area contributed by atoms with Crippen LogP contribution in [-0.4, -0.2) is 49.6 Å². The van der Waals surface area contributed by atoms with Crippen molar-refractivity contribution in [3.63, 3.8) is 0 Å². The van der Waals surface area contributed by atoms with E-state index in [0.717, 1.165) is 26.2 Å². The number of hydrogen-bond donors (Lipinski definition) is 1. The maximum Gasteiger partial charge on any atom is 0.295 e. The van der Waals surface area contributed by atoms with Crippen LogP contribution in [0.3, 0.4) is 0 Å². The SMILES string of the molecule is CCOC(=NC(=O)c1ccoc1)N1CCNCC1. The van der Waals surface area contributed by atoms with E-state index in [1.807, 2.05) is 11.8 Å². The summed E-state index contributed by atoms with van der Waals surface area (Å²) in [6, 6.07) is 1.98. The van der Waals surface area contributed by atoms with Crippen molar-refractivity contribution in [1.82, 2.24) is 10.2 Å². The number of nitrogens with zero attached hydrogens (tertiary/aromatic N) is 2. The summed E-state index contributed by atoms with van der Waals surface area (Å²) < 4.78 is 10.3. The summed E-state index contributed by atoms with van der Waals surface area (Å²) in [4.78, 5) is 17.9. The zero-order chi connectivity index (χ0) is 12.8. The topological polar surface area (TPSA) is 67.1 Å². The first-order chi connectivity index (χ1) is 8.81. The fraction of sp³-hybridized carbons (Fsp3) is 0.500. The van der Waals surface area contributed by atoms with Crippen molar-refractivity contribution in [2.75, 3.05) is 32.8 Å². The van der Waals surface area contributed by atoms with Crippen molar-refractivity contribution >= 4 is 11.9 Å². The fourth-order valence-corrected chi connectivity index (χ4v) is 1.72. The second-order valence-electron chi connectivity index (χ2n) is 3.88. The van der Waals surface area contributed by atoms with Crippen molar-refractivity contribution in [2.45, 2.75) is 6.92 Å². The van der Waals surface area contributed by atoms with Gasteiger partial charge in [-0.15, -0.1) is 0 Å². The summed E-state index contributed by atoms with van der Waals surface area (Å²) >= 11 is 0. The molecule has 0 aromatic carbocycles. The van der Waals surface area contributed by atoms with Gasteiger partial charge in [-0.05, 0) is 13.0 Å². The molecular formula is C12H17N3O3. The molecule has 0 saturated carbocycles. The highest BCUT2D eigenvalue weighted by atomic mass is 16.5. The number of carbonyl (C=O) groups excluding carboxylic acids is 1. The van der Waals surface area contributed by atoms with Crippen molar-refractivity contribution in [3.05, 3.63) is 24.2 Å². The molecule has 1 aromatic heterocycles. The minimum Gasteiger partial charge on any atom is -0.472 e. The Kier molecular flexibility index (Phi) is 4.35. The predicted octanol–water partition coefficient (Wildman–Crippen LogP) is 0.718. The quantitative estimate of drug-likeness (QED) is 0.619. The van der Waals surface area contributed by atoms with E-state index in [1.54, 1.807) is 6.07 Å². The van der Waals surface area contributed by atoms with Crippen LogP contribution in [0, 0.1) is 0 Å². The molecule has 0 unspecified atom stereocenters. The van der Waals surface area contributed by atoms with Gasteiger partial charge >= 0.3 is 0 Å². The van der Waals surface area contributed by atoms with E-state index in [1.165, 1.54) is 12.5 Å². The van der Waals surface area contributed by atoms with Gasteiger partial charge in [0.1, 0.15) is 6.26 Å². The lowest BCUT2D eigenvalue weighted by molar-refractivity contribution is 0.0992. The summed E-state index contributed by atoms with van der Waals surface area (Å²) in [6.45, 7) is 5.68. The molecule has 2 rings (SSSR count). The number of amides is 1. The Morgan fingerprint density at radius 1 is 1.56 bits per heavy atom. The maximum atomic E-state index is 11.9. The minimum absolute atomic E-state index is 0.342. The largest absolute Gasteiger partial charge is 0.472 e. The molecule has 98 valence electrons. The average molecular weight is 251 g/mol. The van der Waals surface area contributed by atoms with Crippen molar-refractivity contribution < 1.29 is 13.9 Å². The van der Waals surface area contributed by atoms with Crippen LogP contribution in [0.15, 0.2) is 28.0 Å². The number of aliphatic imine (C=N–C) groups is 1. The van der Waals surface area contributed by atoms with Crippen LogP contribution < -0.4 is 5.32 Å². The van der Waals surface area contributed by atoms with E-state index >= 15 is 0 Å². The Balaban J connectivity index is 2.10. The number of carbonyl (C=O) groups is 1. The third-order valence-corrected chi connectivity index (χ3v) is 2.63. The van der Waals surface area contributed by atoms with Crippen molar-refractivity contribution in [1.29, 1.82) is 0 Å². The van der Waals surface area contributed by atoms with Crippen LogP contribution in [0.1, 0.15) is 17.3 Å². The average Bonchev–Trinajstić information content (AvgIpc) is 2.93. The van der Waals surface area contributed by atoms with Crippen LogP contribution in [-0.2, 0) is 4.74 Å². The van der Waals surface area contributed by atoms with Crippen LogP contribution in [0.4, 0.5) is 0 Å².